The Labute approximate surface area is 168 Å². The van der Waals surface area contributed by atoms with Crippen LogP contribution in [0.5, 0.6) is 5.75 Å². The lowest BCUT2D eigenvalue weighted by atomic mass is 9.95. The summed E-state index contributed by atoms with van der Waals surface area (Å²) in [5.74, 6) is 1.16. The zero-order valence-electron chi connectivity index (χ0n) is 17.3. The van der Waals surface area contributed by atoms with Crippen molar-refractivity contribution in [2.75, 3.05) is 26.2 Å². The second kappa shape index (κ2) is 9.74. The number of amides is 1. The lowest BCUT2D eigenvalue weighted by Crippen LogP contribution is -2.41. The molecular weight excluding hydrogens is 348 g/mol. The van der Waals surface area contributed by atoms with Crippen molar-refractivity contribution in [1.29, 1.82) is 0 Å². The van der Waals surface area contributed by atoms with Crippen LogP contribution in [0.2, 0.25) is 0 Å². The molecule has 4 heteroatoms. The number of nitrogens with zero attached hydrogens (tertiary/aromatic N) is 1. The molecule has 2 aromatic rings. The molecule has 0 spiro atoms. The third-order valence-electron chi connectivity index (χ3n) is 5.31. The molecule has 1 amide bonds. The first-order chi connectivity index (χ1) is 13.5. The number of nitrogens with one attached hydrogen (secondary N) is 1. The van der Waals surface area contributed by atoms with Crippen molar-refractivity contribution in [2.45, 2.75) is 40.2 Å². The van der Waals surface area contributed by atoms with Gasteiger partial charge in [-0.25, -0.2) is 0 Å². The average Bonchev–Trinajstić information content (AvgIpc) is 2.65. The highest BCUT2D eigenvalue weighted by molar-refractivity contribution is 5.78. The van der Waals surface area contributed by atoms with Crippen molar-refractivity contribution < 1.29 is 9.53 Å². The summed E-state index contributed by atoms with van der Waals surface area (Å²) in [6.07, 6.45) is 1.85. The van der Waals surface area contributed by atoms with Gasteiger partial charge in [-0.15, -0.1) is 0 Å². The van der Waals surface area contributed by atoms with Crippen molar-refractivity contribution >= 4 is 5.91 Å². The Hall–Kier alpha value is -2.33. The second-order valence-corrected chi connectivity index (χ2v) is 8.00. The van der Waals surface area contributed by atoms with Gasteiger partial charge in [0.05, 0.1) is 6.54 Å². The van der Waals surface area contributed by atoms with Crippen molar-refractivity contribution in [1.82, 2.24) is 10.2 Å². The number of carbonyl (C=O) groups is 1. The monoisotopic (exact) mass is 380 g/mol. The largest absolute Gasteiger partial charge is 0.492 e. The topological polar surface area (TPSA) is 41.6 Å². The molecule has 1 aliphatic rings. The average molecular weight is 381 g/mol. The van der Waals surface area contributed by atoms with E-state index in [-0.39, 0.29) is 11.8 Å². The molecule has 0 saturated carbocycles. The van der Waals surface area contributed by atoms with Gasteiger partial charge in [-0.2, -0.15) is 0 Å². The zero-order chi connectivity index (χ0) is 19.9. The molecule has 1 saturated heterocycles. The minimum absolute atomic E-state index is 0.120. The smallest absolute Gasteiger partial charge is 0.223 e. The first kappa shape index (κ1) is 20.4. The van der Waals surface area contributed by atoms with Crippen LogP contribution in [0.15, 0.2) is 42.5 Å². The predicted molar refractivity (Wildman–Crippen MR) is 114 cm³/mol. The molecule has 0 unspecified atom stereocenters. The summed E-state index contributed by atoms with van der Waals surface area (Å²) >= 11 is 0. The molecule has 150 valence electrons. The number of hydrogen-bond acceptors (Lipinski definition) is 3. The van der Waals surface area contributed by atoms with E-state index in [0.29, 0.717) is 13.2 Å². The summed E-state index contributed by atoms with van der Waals surface area (Å²) in [6.45, 7) is 10.2. The van der Waals surface area contributed by atoms with Crippen LogP contribution in [0.4, 0.5) is 0 Å². The molecular formula is C24H32N2O2. The maximum Gasteiger partial charge on any atom is 0.223 e. The van der Waals surface area contributed by atoms with E-state index >= 15 is 0 Å². The number of hydrogen-bond donors (Lipinski definition) is 1. The van der Waals surface area contributed by atoms with Crippen molar-refractivity contribution in [3.05, 3.63) is 64.7 Å². The molecule has 1 aliphatic heterocycles. The lowest BCUT2D eigenvalue weighted by molar-refractivity contribution is -0.126. The number of carbonyl (C=O) groups excluding carboxylic acids is 1. The summed E-state index contributed by atoms with van der Waals surface area (Å²) < 4.78 is 5.78. The van der Waals surface area contributed by atoms with Gasteiger partial charge in [0.25, 0.3) is 0 Å². The van der Waals surface area contributed by atoms with Crippen LogP contribution in [0.3, 0.4) is 0 Å². The maximum absolute atomic E-state index is 12.4. The minimum atomic E-state index is 0.120. The maximum atomic E-state index is 12.4. The highest BCUT2D eigenvalue weighted by Crippen LogP contribution is 2.20. The Morgan fingerprint density at radius 3 is 2.43 bits per heavy atom. The molecule has 0 atom stereocenters. The van der Waals surface area contributed by atoms with Crippen LogP contribution >= 0.6 is 0 Å². The predicted octanol–water partition coefficient (Wildman–Crippen LogP) is 4.02. The van der Waals surface area contributed by atoms with Crippen LogP contribution in [-0.2, 0) is 11.3 Å². The Bertz CT molecular complexity index is 775. The molecule has 0 aromatic heterocycles. The number of benzene rings is 2. The van der Waals surface area contributed by atoms with Crippen LogP contribution in [0.1, 0.15) is 35.1 Å². The van der Waals surface area contributed by atoms with Crippen LogP contribution < -0.4 is 10.1 Å². The van der Waals surface area contributed by atoms with Crippen molar-refractivity contribution in [3.63, 3.8) is 0 Å². The molecule has 1 fully saturated rings. The van der Waals surface area contributed by atoms with E-state index in [0.717, 1.165) is 38.2 Å². The quantitative estimate of drug-likeness (QED) is 0.738. The molecule has 3 rings (SSSR count). The third-order valence-corrected chi connectivity index (χ3v) is 5.31. The third kappa shape index (κ3) is 6.10. The van der Waals surface area contributed by atoms with E-state index in [4.69, 9.17) is 4.74 Å². The SMILES string of the molecule is Cc1cccc(CN2CCC(C(=O)NCCOc3cc(C)cc(C)c3)CC2)c1. The Kier molecular flexibility index (Phi) is 7.10. The lowest BCUT2D eigenvalue weighted by Gasteiger charge is -2.31. The van der Waals surface area contributed by atoms with Gasteiger partial charge in [-0.1, -0.05) is 35.9 Å². The van der Waals surface area contributed by atoms with E-state index < -0.39 is 0 Å². The van der Waals surface area contributed by atoms with E-state index in [1.54, 1.807) is 0 Å². The number of likely N-dealkylation sites (tertiary alicyclic amines) is 1. The van der Waals surface area contributed by atoms with E-state index in [1.807, 2.05) is 12.1 Å². The van der Waals surface area contributed by atoms with E-state index in [1.165, 1.54) is 22.3 Å². The van der Waals surface area contributed by atoms with Gasteiger partial charge < -0.3 is 10.1 Å². The summed E-state index contributed by atoms with van der Waals surface area (Å²) in [4.78, 5) is 14.9. The number of piperidine rings is 1. The summed E-state index contributed by atoms with van der Waals surface area (Å²) in [5, 5.41) is 3.04. The number of ether oxygens (including phenoxy) is 1. The van der Waals surface area contributed by atoms with Crippen LogP contribution in [0.25, 0.3) is 0 Å². The van der Waals surface area contributed by atoms with Crippen LogP contribution in [-0.4, -0.2) is 37.0 Å². The molecule has 1 heterocycles. The first-order valence-corrected chi connectivity index (χ1v) is 10.3. The summed E-state index contributed by atoms with van der Waals surface area (Å²) in [7, 11) is 0. The first-order valence-electron chi connectivity index (χ1n) is 10.3. The molecule has 4 nitrogen and oxygen atoms in total. The van der Waals surface area contributed by atoms with Gasteiger partial charge in [-0.05, 0) is 75.5 Å². The molecule has 0 bridgehead atoms. The summed E-state index contributed by atoms with van der Waals surface area (Å²) in [5.41, 5.74) is 5.04. The van der Waals surface area contributed by atoms with Gasteiger partial charge in [0.2, 0.25) is 5.91 Å². The highest BCUT2D eigenvalue weighted by atomic mass is 16.5. The molecule has 1 N–H and O–H groups in total. The van der Waals surface area contributed by atoms with Crippen LogP contribution in [0, 0.1) is 26.7 Å². The second-order valence-electron chi connectivity index (χ2n) is 8.00. The van der Waals surface area contributed by atoms with Crippen molar-refractivity contribution in [2.24, 2.45) is 5.92 Å². The van der Waals surface area contributed by atoms with Gasteiger partial charge in [0.1, 0.15) is 12.4 Å². The van der Waals surface area contributed by atoms with Gasteiger partial charge >= 0.3 is 0 Å². The Balaban J connectivity index is 1.35. The fourth-order valence-electron chi connectivity index (χ4n) is 3.93. The highest BCUT2D eigenvalue weighted by Gasteiger charge is 2.24. The fraction of sp³-hybridized carbons (Fsp3) is 0.458. The zero-order valence-corrected chi connectivity index (χ0v) is 17.3. The van der Waals surface area contributed by atoms with Gasteiger partial charge in [-0.3, -0.25) is 9.69 Å². The standard InChI is InChI=1S/C24H32N2O2/c1-18-5-4-6-21(14-18)17-26-10-7-22(8-11-26)24(27)25-9-12-28-23-15-19(2)13-20(3)16-23/h4-6,13-16,22H,7-12,17H2,1-3H3,(H,25,27). The minimum Gasteiger partial charge on any atom is -0.492 e. The summed E-state index contributed by atoms with van der Waals surface area (Å²) in [6, 6.07) is 14.8. The normalized spacial score (nSPS) is 15.4. The molecule has 28 heavy (non-hydrogen) atoms. The van der Waals surface area contributed by atoms with E-state index in [2.05, 4.69) is 61.3 Å². The van der Waals surface area contributed by atoms with Crippen molar-refractivity contribution in [3.8, 4) is 5.75 Å². The van der Waals surface area contributed by atoms with Gasteiger partial charge in [0.15, 0.2) is 0 Å². The Morgan fingerprint density at radius 1 is 1.04 bits per heavy atom. The van der Waals surface area contributed by atoms with Gasteiger partial charge in [0, 0.05) is 12.5 Å². The number of rotatable bonds is 7. The number of aryl methyl sites for hydroxylation is 3. The fourth-order valence-corrected chi connectivity index (χ4v) is 3.93. The molecule has 0 aliphatic carbocycles. The molecule has 2 aromatic carbocycles. The Morgan fingerprint density at radius 2 is 1.75 bits per heavy atom. The molecule has 0 radical (unpaired) electrons. The van der Waals surface area contributed by atoms with E-state index in [9.17, 15) is 4.79 Å².